The Morgan fingerprint density at radius 1 is 0.968 bits per heavy atom. The van der Waals surface area contributed by atoms with E-state index in [0.717, 1.165) is 17.5 Å². The predicted molar refractivity (Wildman–Crippen MR) is 126 cm³/mol. The number of hydrogen-bond donors (Lipinski definition) is 0. The highest BCUT2D eigenvalue weighted by molar-refractivity contribution is 5.66. The third-order valence-corrected chi connectivity index (χ3v) is 4.98. The molecule has 0 aliphatic heterocycles. The molecule has 1 heterocycles. The van der Waals surface area contributed by atoms with Gasteiger partial charge in [0, 0.05) is 12.5 Å². The maximum absolute atomic E-state index is 11.0. The fourth-order valence-electron chi connectivity index (χ4n) is 3.26. The van der Waals surface area contributed by atoms with Crippen molar-refractivity contribution < 1.29 is 14.3 Å². The second-order valence-electron chi connectivity index (χ2n) is 7.86. The van der Waals surface area contributed by atoms with Crippen molar-refractivity contribution >= 4 is 12.0 Å². The van der Waals surface area contributed by atoms with Crippen LogP contribution in [-0.2, 0) is 9.53 Å². The largest absolute Gasteiger partial charge is 0.490 e. The summed E-state index contributed by atoms with van der Waals surface area (Å²) >= 11 is 0. The Bertz CT molecular complexity index is 785. The van der Waals surface area contributed by atoms with Crippen LogP contribution in [0.25, 0.3) is 17.5 Å². The lowest BCUT2D eigenvalue weighted by Crippen LogP contribution is -2.08. The number of nitrogens with zero attached hydrogens (tertiary/aromatic N) is 2. The summed E-state index contributed by atoms with van der Waals surface area (Å²) in [6, 6.07) is 7.93. The van der Waals surface area contributed by atoms with E-state index < -0.39 is 0 Å². The molecule has 2 aromatic rings. The van der Waals surface area contributed by atoms with Crippen molar-refractivity contribution in [3.63, 3.8) is 0 Å². The molecule has 0 fully saturated rings. The molecule has 5 nitrogen and oxygen atoms in total. The van der Waals surface area contributed by atoms with Crippen LogP contribution in [0.15, 0.2) is 42.7 Å². The number of hydrogen-bond acceptors (Lipinski definition) is 5. The first-order valence-corrected chi connectivity index (χ1v) is 11.5. The lowest BCUT2D eigenvalue weighted by Gasteiger charge is -2.07. The van der Waals surface area contributed by atoms with Crippen LogP contribution in [0, 0.1) is 0 Å². The molecule has 0 aliphatic carbocycles. The molecule has 0 N–H and O–H groups in total. The maximum atomic E-state index is 11.0. The van der Waals surface area contributed by atoms with E-state index in [0.29, 0.717) is 18.2 Å². The van der Waals surface area contributed by atoms with Gasteiger partial charge in [0.25, 0.3) is 0 Å². The Morgan fingerprint density at radius 3 is 2.19 bits per heavy atom. The molecule has 0 aliphatic rings. The Balaban J connectivity index is 1.72. The van der Waals surface area contributed by atoms with Gasteiger partial charge in [-0.15, -0.1) is 0 Å². The van der Waals surface area contributed by atoms with Gasteiger partial charge in [0.05, 0.1) is 19.0 Å². The number of carbonyl (C=O) groups excluding carboxylic acids is 1. The van der Waals surface area contributed by atoms with Crippen molar-refractivity contribution in [3.05, 3.63) is 48.3 Å². The van der Waals surface area contributed by atoms with E-state index in [1.807, 2.05) is 43.3 Å². The van der Waals surface area contributed by atoms with Crippen molar-refractivity contribution in [2.45, 2.75) is 78.2 Å². The van der Waals surface area contributed by atoms with Gasteiger partial charge in [0.1, 0.15) is 6.10 Å². The van der Waals surface area contributed by atoms with Crippen LogP contribution in [0.4, 0.5) is 0 Å². The molecule has 0 radical (unpaired) electrons. The van der Waals surface area contributed by atoms with Crippen LogP contribution in [0.2, 0.25) is 0 Å². The monoisotopic (exact) mass is 424 g/mol. The Morgan fingerprint density at radius 2 is 1.58 bits per heavy atom. The summed E-state index contributed by atoms with van der Waals surface area (Å²) in [5.74, 6) is 1.10. The molecule has 0 spiro atoms. The number of benzene rings is 1. The molecular weight excluding hydrogens is 388 g/mol. The number of unbranched alkanes of at least 4 members (excludes halogenated alkanes) is 7. The molecule has 31 heavy (non-hydrogen) atoms. The highest BCUT2D eigenvalue weighted by Gasteiger charge is 2.03. The zero-order valence-electron chi connectivity index (χ0n) is 19.2. The van der Waals surface area contributed by atoms with Gasteiger partial charge >= 0.3 is 5.97 Å². The highest BCUT2D eigenvalue weighted by Crippen LogP contribution is 2.18. The third kappa shape index (κ3) is 10.3. The van der Waals surface area contributed by atoms with E-state index in [1.165, 1.54) is 51.9 Å². The molecule has 0 amide bonds. The topological polar surface area (TPSA) is 61.3 Å². The maximum Gasteiger partial charge on any atom is 0.303 e. The van der Waals surface area contributed by atoms with Crippen molar-refractivity contribution in [2.75, 3.05) is 6.61 Å². The second-order valence-corrected chi connectivity index (χ2v) is 7.86. The second kappa shape index (κ2) is 14.3. The van der Waals surface area contributed by atoms with Crippen LogP contribution in [0.5, 0.6) is 5.75 Å². The van der Waals surface area contributed by atoms with E-state index in [2.05, 4.69) is 16.9 Å². The van der Waals surface area contributed by atoms with Crippen LogP contribution < -0.4 is 4.74 Å². The zero-order chi connectivity index (χ0) is 22.3. The van der Waals surface area contributed by atoms with Crippen LogP contribution >= 0.6 is 0 Å². The van der Waals surface area contributed by atoms with Gasteiger partial charge in [0.2, 0.25) is 0 Å². The minimum Gasteiger partial charge on any atom is -0.490 e. The molecule has 1 aromatic carbocycles. The molecule has 168 valence electrons. The van der Waals surface area contributed by atoms with Gasteiger partial charge in [-0.3, -0.25) is 4.79 Å². The van der Waals surface area contributed by atoms with Crippen molar-refractivity contribution in [2.24, 2.45) is 0 Å². The SMILES string of the molecule is CCCCCCCCCCOc1cnc(-c2ccc(/C=C/C(C)OC(C)=O)cc2)nc1. The third-order valence-electron chi connectivity index (χ3n) is 4.98. The molecule has 1 atom stereocenters. The summed E-state index contributed by atoms with van der Waals surface area (Å²) < 4.78 is 10.9. The average molecular weight is 425 g/mol. The first-order valence-electron chi connectivity index (χ1n) is 11.5. The van der Waals surface area contributed by atoms with Gasteiger partial charge in [-0.25, -0.2) is 9.97 Å². The summed E-state index contributed by atoms with van der Waals surface area (Å²) in [7, 11) is 0. The minimum absolute atomic E-state index is 0.251. The lowest BCUT2D eigenvalue weighted by molar-refractivity contribution is -0.143. The molecule has 5 heteroatoms. The minimum atomic E-state index is -0.283. The standard InChI is InChI=1S/C26H36N2O3/c1-4-5-6-7-8-9-10-11-18-30-25-19-27-26(28-20-25)24-16-14-23(15-17-24)13-12-21(2)31-22(3)29/h12-17,19-21H,4-11,18H2,1-3H3/b13-12+. The number of esters is 1. The van der Waals surface area contributed by atoms with E-state index >= 15 is 0 Å². The predicted octanol–water partition coefficient (Wildman–Crippen LogP) is 6.63. The van der Waals surface area contributed by atoms with E-state index in [1.54, 1.807) is 12.4 Å². The van der Waals surface area contributed by atoms with Crippen molar-refractivity contribution in [3.8, 4) is 17.1 Å². The van der Waals surface area contributed by atoms with Crippen molar-refractivity contribution in [1.29, 1.82) is 0 Å². The normalized spacial score (nSPS) is 12.1. The fraction of sp³-hybridized carbons (Fsp3) is 0.500. The number of aromatic nitrogens is 2. The van der Waals surface area contributed by atoms with Gasteiger partial charge < -0.3 is 9.47 Å². The molecule has 0 saturated heterocycles. The lowest BCUT2D eigenvalue weighted by atomic mass is 10.1. The quantitative estimate of drug-likeness (QED) is 0.252. The summed E-state index contributed by atoms with van der Waals surface area (Å²) in [6.45, 7) is 6.20. The van der Waals surface area contributed by atoms with E-state index in [-0.39, 0.29) is 12.1 Å². The Kier molecular flexibility index (Phi) is 11.4. The fourth-order valence-corrected chi connectivity index (χ4v) is 3.26. The summed E-state index contributed by atoms with van der Waals surface area (Å²) in [6.07, 6.45) is 17.3. The van der Waals surface area contributed by atoms with Gasteiger partial charge in [0.15, 0.2) is 11.6 Å². The highest BCUT2D eigenvalue weighted by atomic mass is 16.5. The Hall–Kier alpha value is -2.69. The molecule has 0 saturated carbocycles. The van der Waals surface area contributed by atoms with E-state index in [4.69, 9.17) is 9.47 Å². The van der Waals surface area contributed by atoms with Crippen LogP contribution in [0.3, 0.4) is 0 Å². The Labute approximate surface area is 186 Å². The zero-order valence-corrected chi connectivity index (χ0v) is 19.2. The molecule has 0 bridgehead atoms. The smallest absolute Gasteiger partial charge is 0.303 e. The summed E-state index contributed by atoms with van der Waals surface area (Å²) in [4.78, 5) is 19.8. The summed E-state index contributed by atoms with van der Waals surface area (Å²) in [5, 5.41) is 0. The summed E-state index contributed by atoms with van der Waals surface area (Å²) in [5.41, 5.74) is 1.97. The molecule has 2 rings (SSSR count). The number of ether oxygens (including phenoxy) is 2. The average Bonchev–Trinajstić information content (AvgIpc) is 2.77. The molecule has 1 unspecified atom stereocenters. The molecule has 1 aromatic heterocycles. The number of carbonyl (C=O) groups is 1. The van der Waals surface area contributed by atoms with Crippen molar-refractivity contribution in [1.82, 2.24) is 9.97 Å². The molecular formula is C26H36N2O3. The van der Waals surface area contributed by atoms with E-state index in [9.17, 15) is 4.79 Å². The van der Waals surface area contributed by atoms with Gasteiger partial charge in [-0.2, -0.15) is 0 Å². The van der Waals surface area contributed by atoms with Gasteiger partial charge in [-0.1, -0.05) is 82.2 Å². The number of rotatable bonds is 14. The first-order chi connectivity index (χ1) is 15.1. The van der Waals surface area contributed by atoms with Crippen LogP contribution in [-0.4, -0.2) is 28.6 Å². The van der Waals surface area contributed by atoms with Gasteiger partial charge in [-0.05, 0) is 25.0 Å². The van der Waals surface area contributed by atoms with Crippen LogP contribution in [0.1, 0.15) is 77.7 Å². The first kappa shape index (κ1) is 24.6.